The molecule has 0 saturated heterocycles. The van der Waals surface area contributed by atoms with E-state index in [1.165, 1.54) is 0 Å². The van der Waals surface area contributed by atoms with E-state index >= 15 is 0 Å². The molecular formula is C18H17N3O2. The number of nitrogens with zero attached hydrogens (tertiary/aromatic N) is 3. The topological polar surface area (TPSA) is 57.0 Å². The summed E-state index contributed by atoms with van der Waals surface area (Å²) in [6, 6.07) is 17.0. The number of ether oxygens (including phenoxy) is 1. The Morgan fingerprint density at radius 1 is 1.04 bits per heavy atom. The van der Waals surface area contributed by atoms with Crippen LogP contribution in [0, 0.1) is 6.92 Å². The predicted molar refractivity (Wildman–Crippen MR) is 87.5 cm³/mol. The summed E-state index contributed by atoms with van der Waals surface area (Å²) < 4.78 is 4.98. The van der Waals surface area contributed by atoms with Crippen LogP contribution in [0.5, 0.6) is 0 Å². The number of benzene rings is 2. The van der Waals surface area contributed by atoms with Crippen LogP contribution in [0.15, 0.2) is 54.6 Å². The molecule has 0 saturated carbocycles. The minimum Gasteiger partial charge on any atom is -0.462 e. The van der Waals surface area contributed by atoms with E-state index in [0.29, 0.717) is 12.2 Å². The second-order valence-electron chi connectivity index (χ2n) is 5.06. The molecule has 0 N–H and O–H groups in total. The molecule has 0 amide bonds. The third-order valence-corrected chi connectivity index (χ3v) is 3.44. The normalized spacial score (nSPS) is 10.5. The Hall–Kier alpha value is -2.95. The zero-order valence-electron chi connectivity index (χ0n) is 13.1. The fourth-order valence-corrected chi connectivity index (χ4v) is 2.30. The minimum absolute atomic E-state index is 0.325. The smallest absolute Gasteiger partial charge is 0.338 e. The lowest BCUT2D eigenvalue weighted by atomic mass is 10.1. The number of hydrogen-bond acceptors (Lipinski definition) is 4. The van der Waals surface area contributed by atoms with Gasteiger partial charge in [0.25, 0.3) is 0 Å². The second kappa shape index (κ2) is 6.44. The van der Waals surface area contributed by atoms with E-state index in [9.17, 15) is 4.79 Å². The maximum atomic E-state index is 11.7. The molecule has 0 spiro atoms. The van der Waals surface area contributed by atoms with Crippen LogP contribution < -0.4 is 0 Å². The van der Waals surface area contributed by atoms with Crippen LogP contribution >= 0.6 is 0 Å². The van der Waals surface area contributed by atoms with Gasteiger partial charge in [0.05, 0.1) is 23.6 Å². The maximum Gasteiger partial charge on any atom is 0.338 e. The molecule has 5 heteroatoms. The highest BCUT2D eigenvalue weighted by molar-refractivity contribution is 5.89. The first-order valence-corrected chi connectivity index (χ1v) is 7.46. The minimum atomic E-state index is -0.325. The van der Waals surface area contributed by atoms with Crippen LogP contribution in [0.3, 0.4) is 0 Å². The first-order chi connectivity index (χ1) is 11.2. The van der Waals surface area contributed by atoms with E-state index in [2.05, 4.69) is 10.2 Å². The quantitative estimate of drug-likeness (QED) is 0.693. The molecule has 1 aromatic heterocycles. The molecule has 0 aliphatic carbocycles. The molecule has 0 radical (unpaired) electrons. The number of aryl methyl sites for hydroxylation is 1. The standard InChI is InChI=1S/C18H17N3O2/c1-3-23-18(22)15-9-11-16(12-10-15)21-19-13(2)17(20-21)14-7-5-4-6-8-14/h4-12H,3H2,1-2H3. The van der Waals surface area contributed by atoms with Gasteiger partial charge in [-0.1, -0.05) is 30.3 Å². The summed E-state index contributed by atoms with van der Waals surface area (Å²) in [4.78, 5) is 13.3. The Morgan fingerprint density at radius 3 is 2.39 bits per heavy atom. The molecule has 0 bridgehead atoms. The number of hydrogen-bond donors (Lipinski definition) is 0. The Balaban J connectivity index is 1.90. The van der Waals surface area contributed by atoms with Crippen molar-refractivity contribution in [2.45, 2.75) is 13.8 Å². The predicted octanol–water partition coefficient (Wildman–Crippen LogP) is 3.42. The molecule has 23 heavy (non-hydrogen) atoms. The Bertz CT molecular complexity index is 808. The van der Waals surface area contributed by atoms with E-state index in [1.807, 2.05) is 37.3 Å². The van der Waals surface area contributed by atoms with E-state index in [4.69, 9.17) is 4.74 Å². The Morgan fingerprint density at radius 2 is 1.74 bits per heavy atom. The molecule has 0 atom stereocenters. The second-order valence-corrected chi connectivity index (χ2v) is 5.06. The van der Waals surface area contributed by atoms with Gasteiger partial charge in [0.2, 0.25) is 0 Å². The fourth-order valence-electron chi connectivity index (χ4n) is 2.30. The van der Waals surface area contributed by atoms with Crippen LogP contribution in [0.4, 0.5) is 0 Å². The van der Waals surface area contributed by atoms with Crippen molar-refractivity contribution in [2.75, 3.05) is 6.61 Å². The van der Waals surface area contributed by atoms with Gasteiger partial charge >= 0.3 is 5.97 Å². The van der Waals surface area contributed by atoms with Crippen molar-refractivity contribution in [3.8, 4) is 16.9 Å². The molecule has 0 unspecified atom stereocenters. The van der Waals surface area contributed by atoms with Gasteiger partial charge in [-0.15, -0.1) is 5.10 Å². The zero-order valence-corrected chi connectivity index (χ0v) is 13.1. The van der Waals surface area contributed by atoms with Gasteiger partial charge in [0.1, 0.15) is 5.69 Å². The summed E-state index contributed by atoms with van der Waals surface area (Å²) >= 11 is 0. The fraction of sp³-hybridized carbons (Fsp3) is 0.167. The number of carbonyl (C=O) groups is 1. The van der Waals surface area contributed by atoms with Crippen molar-refractivity contribution in [3.05, 3.63) is 65.9 Å². The largest absolute Gasteiger partial charge is 0.462 e. The summed E-state index contributed by atoms with van der Waals surface area (Å²) in [6.45, 7) is 4.08. The van der Waals surface area contributed by atoms with Crippen LogP contribution in [0.2, 0.25) is 0 Å². The average molecular weight is 307 g/mol. The molecule has 1 heterocycles. The number of rotatable bonds is 4. The van der Waals surface area contributed by atoms with Crippen molar-refractivity contribution in [1.82, 2.24) is 15.0 Å². The summed E-state index contributed by atoms with van der Waals surface area (Å²) in [5, 5.41) is 9.01. The molecule has 0 aliphatic heterocycles. The van der Waals surface area contributed by atoms with Gasteiger partial charge in [0, 0.05) is 5.56 Å². The summed E-state index contributed by atoms with van der Waals surface area (Å²) in [6.07, 6.45) is 0. The van der Waals surface area contributed by atoms with Crippen molar-refractivity contribution < 1.29 is 9.53 Å². The molecule has 0 aliphatic rings. The molecule has 2 aromatic carbocycles. The lowest BCUT2D eigenvalue weighted by Crippen LogP contribution is -2.05. The summed E-state index contributed by atoms with van der Waals surface area (Å²) in [7, 11) is 0. The van der Waals surface area contributed by atoms with Gasteiger partial charge in [-0.3, -0.25) is 0 Å². The van der Waals surface area contributed by atoms with Gasteiger partial charge in [-0.05, 0) is 38.1 Å². The SMILES string of the molecule is CCOC(=O)c1ccc(-n2nc(C)c(-c3ccccc3)n2)cc1. The van der Waals surface area contributed by atoms with Crippen molar-refractivity contribution >= 4 is 5.97 Å². The van der Waals surface area contributed by atoms with Gasteiger partial charge in [0.15, 0.2) is 0 Å². The lowest BCUT2D eigenvalue weighted by Gasteiger charge is -2.03. The van der Waals surface area contributed by atoms with Crippen LogP contribution in [-0.4, -0.2) is 27.6 Å². The molecule has 3 aromatic rings. The average Bonchev–Trinajstić information content (AvgIpc) is 2.98. The Labute approximate surface area is 134 Å². The highest BCUT2D eigenvalue weighted by Gasteiger charge is 2.11. The molecular weight excluding hydrogens is 290 g/mol. The van der Waals surface area contributed by atoms with Crippen molar-refractivity contribution in [2.24, 2.45) is 0 Å². The van der Waals surface area contributed by atoms with Gasteiger partial charge < -0.3 is 4.74 Å². The molecule has 116 valence electrons. The third-order valence-electron chi connectivity index (χ3n) is 3.44. The highest BCUT2D eigenvalue weighted by atomic mass is 16.5. The highest BCUT2D eigenvalue weighted by Crippen LogP contribution is 2.20. The van der Waals surface area contributed by atoms with E-state index in [1.54, 1.807) is 36.0 Å². The van der Waals surface area contributed by atoms with Gasteiger partial charge in [-0.2, -0.15) is 9.90 Å². The summed E-state index contributed by atoms with van der Waals surface area (Å²) in [5.41, 5.74) is 4.04. The van der Waals surface area contributed by atoms with Crippen LogP contribution in [0.25, 0.3) is 16.9 Å². The first-order valence-electron chi connectivity index (χ1n) is 7.46. The number of aromatic nitrogens is 3. The van der Waals surface area contributed by atoms with E-state index in [-0.39, 0.29) is 5.97 Å². The maximum absolute atomic E-state index is 11.7. The van der Waals surface area contributed by atoms with Crippen molar-refractivity contribution in [1.29, 1.82) is 0 Å². The Kier molecular flexibility index (Phi) is 4.19. The van der Waals surface area contributed by atoms with Gasteiger partial charge in [-0.25, -0.2) is 4.79 Å². The monoisotopic (exact) mass is 307 g/mol. The molecule has 5 nitrogen and oxygen atoms in total. The third kappa shape index (κ3) is 3.13. The lowest BCUT2D eigenvalue weighted by molar-refractivity contribution is 0.0526. The number of carbonyl (C=O) groups excluding carboxylic acids is 1. The van der Waals surface area contributed by atoms with Crippen LogP contribution in [-0.2, 0) is 4.74 Å². The zero-order chi connectivity index (χ0) is 16.2. The van der Waals surface area contributed by atoms with Crippen molar-refractivity contribution in [3.63, 3.8) is 0 Å². The summed E-state index contributed by atoms with van der Waals surface area (Å²) in [5.74, 6) is -0.325. The van der Waals surface area contributed by atoms with E-state index in [0.717, 1.165) is 22.6 Å². The number of esters is 1. The molecule has 3 rings (SSSR count). The van der Waals surface area contributed by atoms with E-state index < -0.39 is 0 Å². The first kappa shape index (κ1) is 15.0. The van der Waals surface area contributed by atoms with Crippen LogP contribution in [0.1, 0.15) is 23.0 Å². The molecule has 0 fully saturated rings.